The van der Waals surface area contributed by atoms with Crippen LogP contribution in [0.25, 0.3) is 0 Å². The summed E-state index contributed by atoms with van der Waals surface area (Å²) in [6.07, 6.45) is 1.72. The van der Waals surface area contributed by atoms with E-state index in [2.05, 4.69) is 21.3 Å². The first-order chi connectivity index (χ1) is 7.86. The molecule has 0 bridgehead atoms. The molecule has 3 rings (SSSR count). The van der Waals surface area contributed by atoms with Gasteiger partial charge in [0.1, 0.15) is 11.8 Å². The molecule has 2 aliphatic heterocycles. The summed E-state index contributed by atoms with van der Waals surface area (Å²) in [6, 6.07) is 5.97. The minimum atomic E-state index is 0.507. The SMILES string of the molecule is N#Cc1cc(N2C[C@H]3CNC[C@H]3C2)ccn1. The second-order valence-electron chi connectivity index (χ2n) is 4.59. The van der Waals surface area contributed by atoms with Crippen molar-refractivity contribution >= 4 is 5.69 Å². The largest absolute Gasteiger partial charge is 0.371 e. The van der Waals surface area contributed by atoms with Crippen molar-refractivity contribution in [2.75, 3.05) is 31.1 Å². The van der Waals surface area contributed by atoms with Crippen LogP contribution in [0.3, 0.4) is 0 Å². The van der Waals surface area contributed by atoms with E-state index in [0.29, 0.717) is 5.69 Å². The standard InChI is InChI=1S/C12H14N4/c13-4-11-3-12(1-2-15-11)16-7-9-5-14-6-10(9)8-16/h1-3,9-10,14H,5-8H2/t9-,10+. The number of nitriles is 1. The smallest absolute Gasteiger partial charge is 0.142 e. The Hall–Kier alpha value is -1.60. The number of rotatable bonds is 1. The lowest BCUT2D eigenvalue weighted by molar-refractivity contribution is 0.533. The maximum atomic E-state index is 8.83. The van der Waals surface area contributed by atoms with Crippen LogP contribution in [0.2, 0.25) is 0 Å². The first-order valence-electron chi connectivity index (χ1n) is 5.68. The van der Waals surface area contributed by atoms with Crippen LogP contribution in [0, 0.1) is 23.2 Å². The van der Waals surface area contributed by atoms with Crippen molar-refractivity contribution in [1.82, 2.24) is 10.3 Å². The number of pyridine rings is 1. The van der Waals surface area contributed by atoms with Gasteiger partial charge in [-0.05, 0) is 24.0 Å². The number of nitrogens with zero attached hydrogens (tertiary/aromatic N) is 3. The monoisotopic (exact) mass is 214 g/mol. The summed E-state index contributed by atoms with van der Waals surface area (Å²) in [5.41, 5.74) is 1.65. The van der Waals surface area contributed by atoms with Crippen LogP contribution < -0.4 is 10.2 Å². The second kappa shape index (κ2) is 3.76. The van der Waals surface area contributed by atoms with E-state index in [4.69, 9.17) is 5.26 Å². The predicted octanol–water partition coefficient (Wildman–Crippen LogP) is 0.609. The minimum Gasteiger partial charge on any atom is -0.371 e. The molecule has 2 saturated heterocycles. The molecule has 1 aromatic rings. The molecule has 0 spiro atoms. The van der Waals surface area contributed by atoms with Gasteiger partial charge in [0, 0.05) is 38.1 Å². The molecule has 2 aliphatic rings. The van der Waals surface area contributed by atoms with Crippen molar-refractivity contribution in [2.45, 2.75) is 0 Å². The molecule has 16 heavy (non-hydrogen) atoms. The number of hydrogen-bond donors (Lipinski definition) is 1. The highest BCUT2D eigenvalue weighted by Gasteiger charge is 2.36. The number of aromatic nitrogens is 1. The zero-order valence-electron chi connectivity index (χ0n) is 9.06. The lowest BCUT2D eigenvalue weighted by Crippen LogP contribution is -2.25. The summed E-state index contributed by atoms with van der Waals surface area (Å²) in [4.78, 5) is 6.38. The summed E-state index contributed by atoms with van der Waals surface area (Å²) < 4.78 is 0. The third-order valence-electron chi connectivity index (χ3n) is 3.61. The number of fused-ring (bicyclic) bond motifs is 1. The van der Waals surface area contributed by atoms with Gasteiger partial charge in [0.2, 0.25) is 0 Å². The van der Waals surface area contributed by atoms with Crippen molar-refractivity contribution in [3.63, 3.8) is 0 Å². The number of hydrogen-bond acceptors (Lipinski definition) is 4. The van der Waals surface area contributed by atoms with Crippen molar-refractivity contribution in [3.05, 3.63) is 24.0 Å². The Balaban J connectivity index is 1.81. The van der Waals surface area contributed by atoms with Gasteiger partial charge in [-0.2, -0.15) is 5.26 Å². The van der Waals surface area contributed by atoms with Crippen LogP contribution >= 0.6 is 0 Å². The van der Waals surface area contributed by atoms with Crippen molar-refractivity contribution in [2.24, 2.45) is 11.8 Å². The Morgan fingerprint density at radius 2 is 2.12 bits per heavy atom. The zero-order chi connectivity index (χ0) is 11.0. The minimum absolute atomic E-state index is 0.507. The third kappa shape index (κ3) is 1.54. The van der Waals surface area contributed by atoms with Crippen LogP contribution in [0.5, 0.6) is 0 Å². The zero-order valence-corrected chi connectivity index (χ0v) is 9.06. The summed E-state index contributed by atoms with van der Waals surface area (Å²) in [6.45, 7) is 4.48. The predicted molar refractivity (Wildman–Crippen MR) is 61.0 cm³/mol. The molecular formula is C12H14N4. The second-order valence-corrected chi connectivity index (χ2v) is 4.59. The Labute approximate surface area is 94.9 Å². The van der Waals surface area contributed by atoms with Gasteiger partial charge in [0.05, 0.1) is 0 Å². The van der Waals surface area contributed by atoms with Gasteiger partial charge < -0.3 is 10.2 Å². The number of nitrogens with one attached hydrogen (secondary N) is 1. The highest BCUT2D eigenvalue weighted by Crippen LogP contribution is 2.30. The summed E-state index contributed by atoms with van der Waals surface area (Å²) in [7, 11) is 0. The van der Waals surface area contributed by atoms with Crippen molar-refractivity contribution in [3.8, 4) is 6.07 Å². The maximum absolute atomic E-state index is 8.83. The highest BCUT2D eigenvalue weighted by molar-refractivity contribution is 5.50. The first kappa shape index (κ1) is 9.61. The van der Waals surface area contributed by atoms with Crippen LogP contribution in [0.15, 0.2) is 18.3 Å². The van der Waals surface area contributed by atoms with E-state index < -0.39 is 0 Å². The lowest BCUT2D eigenvalue weighted by Gasteiger charge is -2.19. The first-order valence-corrected chi connectivity index (χ1v) is 5.68. The van der Waals surface area contributed by atoms with E-state index in [1.807, 2.05) is 12.1 Å². The molecule has 0 aliphatic carbocycles. The summed E-state index contributed by atoms with van der Waals surface area (Å²) in [5, 5.41) is 12.3. The van der Waals surface area contributed by atoms with Gasteiger partial charge in [-0.3, -0.25) is 0 Å². The fraction of sp³-hybridized carbons (Fsp3) is 0.500. The van der Waals surface area contributed by atoms with E-state index in [1.54, 1.807) is 6.20 Å². The molecule has 0 saturated carbocycles. The molecule has 2 atom stereocenters. The van der Waals surface area contributed by atoms with Gasteiger partial charge in [0.25, 0.3) is 0 Å². The van der Waals surface area contributed by atoms with Gasteiger partial charge in [-0.25, -0.2) is 4.98 Å². The van der Waals surface area contributed by atoms with E-state index in [0.717, 1.165) is 43.7 Å². The van der Waals surface area contributed by atoms with Crippen LogP contribution in [0.4, 0.5) is 5.69 Å². The van der Waals surface area contributed by atoms with Crippen molar-refractivity contribution in [1.29, 1.82) is 5.26 Å². The number of anilines is 1. The Morgan fingerprint density at radius 3 is 2.81 bits per heavy atom. The quantitative estimate of drug-likeness (QED) is 0.744. The molecule has 0 amide bonds. The van der Waals surface area contributed by atoms with Gasteiger partial charge in [0.15, 0.2) is 0 Å². The van der Waals surface area contributed by atoms with Gasteiger partial charge >= 0.3 is 0 Å². The van der Waals surface area contributed by atoms with E-state index in [9.17, 15) is 0 Å². The molecule has 3 heterocycles. The van der Waals surface area contributed by atoms with E-state index >= 15 is 0 Å². The van der Waals surface area contributed by atoms with E-state index in [-0.39, 0.29) is 0 Å². The fourth-order valence-corrected chi connectivity index (χ4v) is 2.74. The Morgan fingerprint density at radius 1 is 1.38 bits per heavy atom. The Bertz CT molecular complexity index is 425. The van der Waals surface area contributed by atoms with Crippen LogP contribution in [0.1, 0.15) is 5.69 Å². The van der Waals surface area contributed by atoms with Crippen LogP contribution in [-0.2, 0) is 0 Å². The Kier molecular flexibility index (Phi) is 2.26. The molecular weight excluding hydrogens is 200 g/mol. The highest BCUT2D eigenvalue weighted by atomic mass is 15.2. The topological polar surface area (TPSA) is 52.0 Å². The molecule has 0 aromatic carbocycles. The molecule has 0 unspecified atom stereocenters. The average molecular weight is 214 g/mol. The third-order valence-corrected chi connectivity index (χ3v) is 3.61. The van der Waals surface area contributed by atoms with Crippen LogP contribution in [-0.4, -0.2) is 31.2 Å². The normalized spacial score (nSPS) is 27.8. The fourth-order valence-electron chi connectivity index (χ4n) is 2.74. The maximum Gasteiger partial charge on any atom is 0.142 e. The van der Waals surface area contributed by atoms with E-state index in [1.165, 1.54) is 0 Å². The average Bonchev–Trinajstić information content (AvgIpc) is 2.89. The molecule has 4 nitrogen and oxygen atoms in total. The van der Waals surface area contributed by atoms with Gasteiger partial charge in [-0.1, -0.05) is 0 Å². The van der Waals surface area contributed by atoms with Crippen molar-refractivity contribution < 1.29 is 0 Å². The molecule has 2 fully saturated rings. The molecule has 82 valence electrons. The summed E-state index contributed by atoms with van der Waals surface area (Å²) in [5.74, 6) is 1.55. The molecule has 0 radical (unpaired) electrons. The van der Waals surface area contributed by atoms with Gasteiger partial charge in [-0.15, -0.1) is 0 Å². The molecule has 4 heteroatoms. The molecule has 1 aromatic heterocycles. The summed E-state index contributed by atoms with van der Waals surface area (Å²) >= 11 is 0. The molecule has 1 N–H and O–H groups in total. The lowest BCUT2D eigenvalue weighted by atomic mass is 10.0.